The zero-order chi connectivity index (χ0) is 16.2. The molecule has 2 aromatic heterocycles. The maximum atomic E-state index is 4.28. The smallest absolute Gasteiger partial charge is 0.0645 e. The summed E-state index contributed by atoms with van der Waals surface area (Å²) in [6.07, 6.45) is 7.51. The van der Waals surface area contributed by atoms with Gasteiger partial charge in [-0.2, -0.15) is 5.10 Å². The Morgan fingerprint density at radius 1 is 1.04 bits per heavy atom. The van der Waals surface area contributed by atoms with Crippen LogP contribution in [0.1, 0.15) is 17.2 Å². The third-order valence-corrected chi connectivity index (χ3v) is 4.54. The Morgan fingerprint density at radius 3 is 2.62 bits per heavy atom. The van der Waals surface area contributed by atoms with Gasteiger partial charge >= 0.3 is 0 Å². The summed E-state index contributed by atoms with van der Waals surface area (Å²) in [5, 5.41) is 7.78. The molecular formula is C19H21N5. The number of nitrogens with one attached hydrogen (secondary N) is 1. The van der Waals surface area contributed by atoms with Crippen LogP contribution in [-0.4, -0.2) is 39.3 Å². The van der Waals surface area contributed by atoms with Crippen LogP contribution in [0.3, 0.4) is 0 Å². The van der Waals surface area contributed by atoms with Crippen LogP contribution in [0.2, 0.25) is 0 Å². The summed E-state index contributed by atoms with van der Waals surface area (Å²) in [5.41, 5.74) is 3.74. The monoisotopic (exact) mass is 319 g/mol. The number of nitrogens with zero attached hydrogens (tertiary/aromatic N) is 4. The van der Waals surface area contributed by atoms with Crippen molar-refractivity contribution in [2.75, 3.05) is 19.6 Å². The Balaban J connectivity index is 1.50. The average molecular weight is 319 g/mol. The molecule has 0 bridgehead atoms. The SMILES string of the molecule is c1cnn(-c2ccc(CN3CCNCC3c3ccncc3)cc2)c1. The van der Waals surface area contributed by atoms with Gasteiger partial charge in [-0.25, -0.2) is 4.68 Å². The molecule has 0 aliphatic carbocycles. The molecule has 0 amide bonds. The normalized spacial score (nSPS) is 18.6. The zero-order valence-electron chi connectivity index (χ0n) is 13.5. The number of aromatic nitrogens is 3. The quantitative estimate of drug-likeness (QED) is 0.802. The van der Waals surface area contributed by atoms with Crippen LogP contribution in [0.25, 0.3) is 5.69 Å². The highest BCUT2D eigenvalue weighted by Gasteiger charge is 2.23. The number of hydrogen-bond acceptors (Lipinski definition) is 4. The molecule has 122 valence electrons. The van der Waals surface area contributed by atoms with E-state index in [0.29, 0.717) is 6.04 Å². The van der Waals surface area contributed by atoms with E-state index >= 15 is 0 Å². The van der Waals surface area contributed by atoms with Gasteiger partial charge in [0, 0.05) is 57.0 Å². The number of piperazine rings is 1. The molecule has 1 unspecified atom stereocenters. The van der Waals surface area contributed by atoms with Crippen molar-refractivity contribution in [1.29, 1.82) is 0 Å². The van der Waals surface area contributed by atoms with Crippen molar-refractivity contribution in [3.05, 3.63) is 78.4 Å². The number of pyridine rings is 1. The van der Waals surface area contributed by atoms with Gasteiger partial charge in [0.2, 0.25) is 0 Å². The molecule has 1 atom stereocenters. The minimum atomic E-state index is 0.396. The van der Waals surface area contributed by atoms with Crippen molar-refractivity contribution in [3.63, 3.8) is 0 Å². The molecule has 1 fully saturated rings. The second-order valence-corrected chi connectivity index (χ2v) is 6.09. The predicted octanol–water partition coefficient (Wildman–Crippen LogP) is 2.41. The van der Waals surface area contributed by atoms with E-state index in [4.69, 9.17) is 0 Å². The van der Waals surface area contributed by atoms with Gasteiger partial charge in [-0.3, -0.25) is 9.88 Å². The van der Waals surface area contributed by atoms with Gasteiger partial charge < -0.3 is 5.32 Å². The highest BCUT2D eigenvalue weighted by atomic mass is 15.3. The van der Waals surface area contributed by atoms with E-state index in [-0.39, 0.29) is 0 Å². The first kappa shape index (κ1) is 15.1. The topological polar surface area (TPSA) is 46.0 Å². The van der Waals surface area contributed by atoms with Crippen molar-refractivity contribution in [2.45, 2.75) is 12.6 Å². The highest BCUT2D eigenvalue weighted by Crippen LogP contribution is 2.24. The van der Waals surface area contributed by atoms with E-state index in [1.807, 2.05) is 29.3 Å². The van der Waals surface area contributed by atoms with Gasteiger partial charge in [-0.05, 0) is 41.5 Å². The Labute approximate surface area is 142 Å². The van der Waals surface area contributed by atoms with E-state index in [0.717, 1.165) is 31.9 Å². The Morgan fingerprint density at radius 2 is 1.88 bits per heavy atom. The van der Waals surface area contributed by atoms with Crippen molar-refractivity contribution >= 4 is 0 Å². The van der Waals surface area contributed by atoms with Crippen LogP contribution in [0.5, 0.6) is 0 Å². The minimum absolute atomic E-state index is 0.396. The van der Waals surface area contributed by atoms with E-state index in [9.17, 15) is 0 Å². The molecule has 4 rings (SSSR count). The third-order valence-electron chi connectivity index (χ3n) is 4.54. The lowest BCUT2D eigenvalue weighted by atomic mass is 10.0. The van der Waals surface area contributed by atoms with Gasteiger partial charge in [0.15, 0.2) is 0 Å². The molecule has 5 nitrogen and oxygen atoms in total. The van der Waals surface area contributed by atoms with Crippen LogP contribution in [0.15, 0.2) is 67.3 Å². The lowest BCUT2D eigenvalue weighted by Crippen LogP contribution is -2.45. The maximum Gasteiger partial charge on any atom is 0.0645 e. The summed E-state index contributed by atoms with van der Waals surface area (Å²) in [4.78, 5) is 6.67. The molecule has 1 aromatic carbocycles. The van der Waals surface area contributed by atoms with Gasteiger partial charge in [0.1, 0.15) is 0 Å². The molecule has 3 heterocycles. The van der Waals surface area contributed by atoms with E-state index in [2.05, 4.69) is 56.7 Å². The van der Waals surface area contributed by atoms with Crippen LogP contribution in [-0.2, 0) is 6.54 Å². The first-order valence-corrected chi connectivity index (χ1v) is 8.34. The van der Waals surface area contributed by atoms with Crippen molar-refractivity contribution in [3.8, 4) is 5.69 Å². The summed E-state index contributed by atoms with van der Waals surface area (Å²) < 4.78 is 1.88. The molecule has 5 heteroatoms. The molecule has 1 aliphatic heterocycles. The Hall–Kier alpha value is -2.50. The van der Waals surface area contributed by atoms with Gasteiger partial charge in [0.05, 0.1) is 5.69 Å². The molecule has 1 N–H and O–H groups in total. The minimum Gasteiger partial charge on any atom is -0.314 e. The Bertz CT molecular complexity index is 752. The van der Waals surface area contributed by atoms with Crippen molar-refractivity contribution in [2.24, 2.45) is 0 Å². The molecular weight excluding hydrogens is 298 g/mol. The predicted molar refractivity (Wildman–Crippen MR) is 93.8 cm³/mol. The molecule has 24 heavy (non-hydrogen) atoms. The van der Waals surface area contributed by atoms with Gasteiger partial charge in [-0.1, -0.05) is 12.1 Å². The molecule has 1 saturated heterocycles. The van der Waals surface area contributed by atoms with Crippen LogP contribution < -0.4 is 5.32 Å². The molecule has 1 aliphatic rings. The first-order chi connectivity index (χ1) is 11.9. The number of benzene rings is 1. The van der Waals surface area contributed by atoms with E-state index < -0.39 is 0 Å². The fourth-order valence-corrected chi connectivity index (χ4v) is 3.26. The summed E-state index contributed by atoms with van der Waals surface area (Å²) in [5.74, 6) is 0. The van der Waals surface area contributed by atoms with Crippen LogP contribution >= 0.6 is 0 Å². The second-order valence-electron chi connectivity index (χ2n) is 6.09. The van der Waals surface area contributed by atoms with E-state index in [1.165, 1.54) is 11.1 Å². The lowest BCUT2D eigenvalue weighted by Gasteiger charge is -2.36. The summed E-state index contributed by atoms with van der Waals surface area (Å²) in [6, 6.07) is 15.2. The molecule has 0 saturated carbocycles. The highest BCUT2D eigenvalue weighted by molar-refractivity contribution is 5.34. The first-order valence-electron chi connectivity index (χ1n) is 8.34. The fourth-order valence-electron chi connectivity index (χ4n) is 3.26. The Kier molecular flexibility index (Phi) is 4.36. The number of rotatable bonds is 4. The number of hydrogen-bond donors (Lipinski definition) is 1. The van der Waals surface area contributed by atoms with E-state index in [1.54, 1.807) is 6.20 Å². The second kappa shape index (κ2) is 6.95. The lowest BCUT2D eigenvalue weighted by molar-refractivity contribution is 0.153. The van der Waals surface area contributed by atoms with Crippen LogP contribution in [0, 0.1) is 0 Å². The largest absolute Gasteiger partial charge is 0.314 e. The van der Waals surface area contributed by atoms with Crippen molar-refractivity contribution in [1.82, 2.24) is 25.0 Å². The molecule has 3 aromatic rings. The fraction of sp³-hybridized carbons (Fsp3) is 0.263. The summed E-state index contributed by atoms with van der Waals surface area (Å²) >= 11 is 0. The maximum absolute atomic E-state index is 4.28. The average Bonchev–Trinajstić information content (AvgIpc) is 3.18. The summed E-state index contributed by atoms with van der Waals surface area (Å²) in [6.45, 7) is 4.02. The molecule has 0 radical (unpaired) electrons. The standard InChI is InChI=1S/C19H21N5/c1-8-22-24(12-1)18-4-2-16(3-5-18)15-23-13-11-21-14-19(23)17-6-9-20-10-7-17/h1-10,12,19,21H,11,13-15H2. The zero-order valence-corrected chi connectivity index (χ0v) is 13.5. The van der Waals surface area contributed by atoms with Gasteiger partial charge in [-0.15, -0.1) is 0 Å². The van der Waals surface area contributed by atoms with Gasteiger partial charge in [0.25, 0.3) is 0 Å². The van der Waals surface area contributed by atoms with Crippen LogP contribution in [0.4, 0.5) is 0 Å². The third kappa shape index (κ3) is 3.22. The van der Waals surface area contributed by atoms with Crippen molar-refractivity contribution < 1.29 is 0 Å². The molecule has 0 spiro atoms. The summed E-state index contributed by atoms with van der Waals surface area (Å²) in [7, 11) is 0.